The van der Waals surface area contributed by atoms with Gasteiger partial charge < -0.3 is 9.84 Å². The van der Waals surface area contributed by atoms with Crippen molar-refractivity contribution in [3.05, 3.63) is 29.3 Å². The van der Waals surface area contributed by atoms with Crippen LogP contribution in [0.3, 0.4) is 0 Å². The fourth-order valence-electron chi connectivity index (χ4n) is 2.40. The molecule has 0 aromatic heterocycles. The number of aryl methyl sites for hydroxylation is 2. The van der Waals surface area contributed by atoms with Gasteiger partial charge in [0.25, 0.3) is 0 Å². The predicted molar refractivity (Wildman–Crippen MR) is 78.2 cm³/mol. The molecule has 110 valence electrons. The van der Waals surface area contributed by atoms with E-state index in [1.54, 1.807) is 0 Å². The van der Waals surface area contributed by atoms with Gasteiger partial charge in [-0.1, -0.05) is 6.07 Å². The Labute approximate surface area is 120 Å². The molecule has 0 saturated heterocycles. The maximum Gasteiger partial charge on any atom is 0.317 e. The van der Waals surface area contributed by atoms with E-state index >= 15 is 0 Å². The molecule has 0 atom stereocenters. The highest BCUT2D eigenvalue weighted by atomic mass is 16.5. The van der Waals surface area contributed by atoms with Gasteiger partial charge in [0.15, 0.2) is 0 Å². The van der Waals surface area contributed by atoms with Gasteiger partial charge in [-0.2, -0.15) is 0 Å². The van der Waals surface area contributed by atoms with E-state index in [1.165, 1.54) is 24.0 Å². The standard InChI is InChI=1S/C16H23NO3/c1-12-7-13(2)9-15(8-12)20-6-5-17(11-16(18)19)10-14-3-4-14/h7-9,14H,3-6,10-11H2,1-2H3,(H,18,19). The second-order valence-corrected chi connectivity index (χ2v) is 5.74. The predicted octanol–water partition coefficient (Wildman–Crippen LogP) is 2.48. The second kappa shape index (κ2) is 6.75. The highest BCUT2D eigenvalue weighted by Gasteiger charge is 2.25. The number of carboxylic acids is 1. The Morgan fingerprint density at radius 2 is 1.95 bits per heavy atom. The zero-order chi connectivity index (χ0) is 14.5. The summed E-state index contributed by atoms with van der Waals surface area (Å²) in [5, 5.41) is 8.92. The van der Waals surface area contributed by atoms with Crippen molar-refractivity contribution in [1.29, 1.82) is 0 Å². The van der Waals surface area contributed by atoms with Crippen molar-refractivity contribution in [2.24, 2.45) is 5.92 Å². The fourth-order valence-corrected chi connectivity index (χ4v) is 2.40. The Hall–Kier alpha value is -1.55. The third-order valence-electron chi connectivity index (χ3n) is 3.44. The van der Waals surface area contributed by atoms with Gasteiger partial charge in [0.1, 0.15) is 12.4 Å². The molecule has 4 heteroatoms. The van der Waals surface area contributed by atoms with E-state index < -0.39 is 5.97 Å². The number of nitrogens with zero attached hydrogens (tertiary/aromatic N) is 1. The van der Waals surface area contributed by atoms with Gasteiger partial charge in [-0.25, -0.2) is 0 Å². The first kappa shape index (κ1) is 14.9. The van der Waals surface area contributed by atoms with Crippen LogP contribution in [0.5, 0.6) is 5.75 Å². The Kier molecular flexibility index (Phi) is 5.01. The SMILES string of the molecule is Cc1cc(C)cc(OCCN(CC(=O)O)CC2CC2)c1. The Morgan fingerprint density at radius 3 is 2.50 bits per heavy atom. The highest BCUT2D eigenvalue weighted by Crippen LogP contribution is 2.29. The summed E-state index contributed by atoms with van der Waals surface area (Å²) in [4.78, 5) is 12.8. The number of hydrogen-bond donors (Lipinski definition) is 1. The van der Waals surface area contributed by atoms with Crippen LogP contribution < -0.4 is 4.74 Å². The van der Waals surface area contributed by atoms with E-state index in [0.717, 1.165) is 12.3 Å². The van der Waals surface area contributed by atoms with E-state index in [0.29, 0.717) is 19.1 Å². The number of ether oxygens (including phenoxy) is 1. The molecule has 2 rings (SSSR count). The number of benzene rings is 1. The summed E-state index contributed by atoms with van der Waals surface area (Å²) in [7, 11) is 0. The molecule has 0 unspecified atom stereocenters. The van der Waals surface area contributed by atoms with E-state index in [2.05, 4.69) is 6.07 Å². The maximum absolute atomic E-state index is 10.9. The summed E-state index contributed by atoms with van der Waals surface area (Å²) < 4.78 is 5.75. The maximum atomic E-state index is 10.9. The summed E-state index contributed by atoms with van der Waals surface area (Å²) in [5.74, 6) is 0.789. The van der Waals surface area contributed by atoms with Crippen LogP contribution in [0.15, 0.2) is 18.2 Å². The number of rotatable bonds is 8. The van der Waals surface area contributed by atoms with Crippen molar-refractivity contribution < 1.29 is 14.6 Å². The Bertz CT molecular complexity index is 449. The minimum absolute atomic E-state index is 0.104. The van der Waals surface area contributed by atoms with Crippen LogP contribution in [0, 0.1) is 19.8 Å². The molecule has 0 aliphatic heterocycles. The lowest BCUT2D eigenvalue weighted by Gasteiger charge is -2.20. The van der Waals surface area contributed by atoms with E-state index in [1.807, 2.05) is 30.9 Å². The molecular formula is C16H23NO3. The lowest BCUT2D eigenvalue weighted by molar-refractivity contribution is -0.138. The molecule has 1 fully saturated rings. The van der Waals surface area contributed by atoms with Crippen LogP contribution in [0.4, 0.5) is 0 Å². The van der Waals surface area contributed by atoms with Gasteiger partial charge in [0.2, 0.25) is 0 Å². The number of aliphatic carboxylic acids is 1. The van der Waals surface area contributed by atoms with Gasteiger partial charge in [0.05, 0.1) is 6.54 Å². The molecule has 0 amide bonds. The largest absolute Gasteiger partial charge is 0.492 e. The van der Waals surface area contributed by atoms with Gasteiger partial charge in [-0.3, -0.25) is 9.69 Å². The van der Waals surface area contributed by atoms with E-state index in [-0.39, 0.29) is 6.54 Å². The second-order valence-electron chi connectivity index (χ2n) is 5.74. The van der Waals surface area contributed by atoms with Gasteiger partial charge >= 0.3 is 5.97 Å². The molecule has 1 N–H and O–H groups in total. The summed E-state index contributed by atoms with van der Waals surface area (Å²) in [5.41, 5.74) is 2.36. The first-order valence-corrected chi connectivity index (χ1v) is 7.18. The third-order valence-corrected chi connectivity index (χ3v) is 3.44. The monoisotopic (exact) mass is 277 g/mol. The van der Waals surface area contributed by atoms with Crippen LogP contribution in [-0.4, -0.2) is 42.2 Å². The Balaban J connectivity index is 1.80. The molecule has 1 aliphatic rings. The third kappa shape index (κ3) is 5.21. The van der Waals surface area contributed by atoms with Crippen molar-refractivity contribution in [3.63, 3.8) is 0 Å². The average molecular weight is 277 g/mol. The quantitative estimate of drug-likeness (QED) is 0.793. The van der Waals surface area contributed by atoms with E-state index in [9.17, 15) is 4.79 Å². The van der Waals surface area contributed by atoms with Crippen LogP contribution in [0.2, 0.25) is 0 Å². The first-order valence-electron chi connectivity index (χ1n) is 7.18. The lowest BCUT2D eigenvalue weighted by Crippen LogP contribution is -2.35. The minimum Gasteiger partial charge on any atom is -0.492 e. The zero-order valence-electron chi connectivity index (χ0n) is 12.3. The smallest absolute Gasteiger partial charge is 0.317 e. The highest BCUT2D eigenvalue weighted by molar-refractivity contribution is 5.69. The first-order chi connectivity index (χ1) is 9.52. The molecule has 0 heterocycles. The molecule has 20 heavy (non-hydrogen) atoms. The lowest BCUT2D eigenvalue weighted by atomic mass is 10.1. The zero-order valence-corrected chi connectivity index (χ0v) is 12.3. The fraction of sp³-hybridized carbons (Fsp3) is 0.562. The molecular weight excluding hydrogens is 254 g/mol. The topological polar surface area (TPSA) is 49.8 Å². The van der Waals surface area contributed by atoms with Crippen LogP contribution in [0.25, 0.3) is 0 Å². The summed E-state index contributed by atoms with van der Waals surface area (Å²) >= 11 is 0. The normalized spacial score (nSPS) is 14.6. The van der Waals surface area contributed by atoms with Crippen LogP contribution in [0.1, 0.15) is 24.0 Å². The van der Waals surface area contributed by atoms with Gasteiger partial charge in [-0.15, -0.1) is 0 Å². The van der Waals surface area contributed by atoms with Gasteiger partial charge in [0, 0.05) is 13.1 Å². The van der Waals surface area contributed by atoms with Crippen molar-refractivity contribution in [2.75, 3.05) is 26.2 Å². The summed E-state index contributed by atoms with van der Waals surface area (Å²) in [6.45, 7) is 6.27. The van der Waals surface area contributed by atoms with E-state index in [4.69, 9.17) is 9.84 Å². The van der Waals surface area contributed by atoms with Crippen molar-refractivity contribution in [3.8, 4) is 5.75 Å². The number of carboxylic acid groups (broad SMARTS) is 1. The molecule has 4 nitrogen and oxygen atoms in total. The number of hydrogen-bond acceptors (Lipinski definition) is 3. The molecule has 1 aliphatic carbocycles. The average Bonchev–Trinajstić information content (AvgIpc) is 3.10. The molecule has 1 aromatic carbocycles. The van der Waals surface area contributed by atoms with Crippen LogP contribution in [-0.2, 0) is 4.79 Å². The minimum atomic E-state index is -0.767. The number of carbonyl (C=O) groups is 1. The summed E-state index contributed by atoms with van der Waals surface area (Å²) in [6, 6.07) is 6.13. The summed E-state index contributed by atoms with van der Waals surface area (Å²) in [6.07, 6.45) is 2.46. The molecule has 0 bridgehead atoms. The molecule has 1 saturated carbocycles. The Morgan fingerprint density at radius 1 is 1.30 bits per heavy atom. The van der Waals surface area contributed by atoms with Crippen LogP contribution >= 0.6 is 0 Å². The van der Waals surface area contributed by atoms with Crippen molar-refractivity contribution in [1.82, 2.24) is 4.90 Å². The molecule has 1 aromatic rings. The molecule has 0 radical (unpaired) electrons. The van der Waals surface area contributed by atoms with Gasteiger partial charge in [-0.05, 0) is 55.9 Å². The van der Waals surface area contributed by atoms with Crippen molar-refractivity contribution >= 4 is 5.97 Å². The molecule has 0 spiro atoms. The van der Waals surface area contributed by atoms with Crippen molar-refractivity contribution in [2.45, 2.75) is 26.7 Å².